The van der Waals surface area contributed by atoms with Crippen molar-refractivity contribution in [2.45, 2.75) is 12.3 Å². The van der Waals surface area contributed by atoms with Crippen LogP contribution in [0.5, 0.6) is 0 Å². The van der Waals surface area contributed by atoms with Crippen LogP contribution in [0.1, 0.15) is 23.1 Å². The first kappa shape index (κ1) is 12.8. The van der Waals surface area contributed by atoms with E-state index in [1.807, 2.05) is 36.4 Å². The third kappa shape index (κ3) is 2.08. The second kappa shape index (κ2) is 5.06. The Labute approximate surface area is 122 Å². The van der Waals surface area contributed by atoms with Crippen LogP contribution < -0.4 is 5.73 Å². The van der Waals surface area contributed by atoms with Gasteiger partial charge < -0.3 is 5.73 Å². The van der Waals surface area contributed by atoms with E-state index >= 15 is 0 Å². The fourth-order valence-electron chi connectivity index (χ4n) is 2.39. The van der Waals surface area contributed by atoms with E-state index in [4.69, 9.17) is 5.73 Å². The van der Waals surface area contributed by atoms with Gasteiger partial charge in [-0.25, -0.2) is 0 Å². The van der Waals surface area contributed by atoms with Gasteiger partial charge in [0.05, 0.1) is 5.41 Å². The highest BCUT2D eigenvalue weighted by atomic mass is 32.1. The Balaban J connectivity index is 2.23. The van der Waals surface area contributed by atoms with Crippen molar-refractivity contribution in [3.05, 3.63) is 76.8 Å². The number of benzene rings is 2. The van der Waals surface area contributed by atoms with Gasteiger partial charge in [-0.3, -0.25) is 0 Å². The lowest BCUT2D eigenvalue weighted by Crippen LogP contribution is -2.25. The number of anilines is 1. The molecule has 1 heterocycles. The number of hydrogen-bond acceptors (Lipinski definition) is 4. The Kier molecular flexibility index (Phi) is 3.24. The Morgan fingerprint density at radius 1 is 0.850 bits per heavy atom. The molecule has 0 saturated carbocycles. The van der Waals surface area contributed by atoms with E-state index in [9.17, 15) is 0 Å². The van der Waals surface area contributed by atoms with Crippen molar-refractivity contribution in [2.24, 2.45) is 0 Å². The Morgan fingerprint density at radius 3 is 1.75 bits per heavy atom. The maximum atomic E-state index is 5.78. The van der Waals surface area contributed by atoms with Crippen LogP contribution in [0.4, 0.5) is 5.13 Å². The zero-order valence-corrected chi connectivity index (χ0v) is 12.0. The third-order valence-electron chi connectivity index (χ3n) is 3.57. The molecule has 0 aliphatic heterocycles. The maximum absolute atomic E-state index is 5.78. The summed E-state index contributed by atoms with van der Waals surface area (Å²) >= 11 is 1.44. The molecule has 0 spiro atoms. The van der Waals surface area contributed by atoms with E-state index in [1.165, 1.54) is 22.5 Å². The molecule has 1 aromatic heterocycles. The lowest BCUT2D eigenvalue weighted by molar-refractivity contribution is 0.674. The van der Waals surface area contributed by atoms with Crippen molar-refractivity contribution in [2.75, 3.05) is 5.73 Å². The molecule has 4 heteroatoms. The molecule has 3 rings (SSSR count). The standard InChI is InChI=1S/C16H15N3S/c1-16(12-8-4-2-5-9-12,13-10-6-3-7-11-13)14-18-19-15(17)20-14/h2-11H,1H3,(H2,17,19). The molecule has 100 valence electrons. The summed E-state index contributed by atoms with van der Waals surface area (Å²) < 4.78 is 0. The van der Waals surface area contributed by atoms with Crippen LogP contribution in [0.3, 0.4) is 0 Å². The van der Waals surface area contributed by atoms with Crippen LogP contribution in [-0.4, -0.2) is 10.2 Å². The SMILES string of the molecule is CC(c1ccccc1)(c1ccccc1)c1nnc(N)s1. The maximum Gasteiger partial charge on any atom is 0.203 e. The Bertz CT molecular complexity index is 653. The van der Waals surface area contributed by atoms with Gasteiger partial charge in [0.2, 0.25) is 5.13 Å². The molecule has 0 saturated heterocycles. The summed E-state index contributed by atoms with van der Waals surface area (Å²) in [5, 5.41) is 9.67. The fraction of sp³-hybridized carbons (Fsp3) is 0.125. The van der Waals surface area contributed by atoms with Crippen molar-refractivity contribution >= 4 is 16.5 Å². The second-order valence-corrected chi connectivity index (χ2v) is 5.81. The van der Waals surface area contributed by atoms with E-state index < -0.39 is 0 Å². The van der Waals surface area contributed by atoms with E-state index in [-0.39, 0.29) is 5.41 Å². The van der Waals surface area contributed by atoms with Gasteiger partial charge in [-0.15, -0.1) is 10.2 Å². The van der Waals surface area contributed by atoms with Gasteiger partial charge in [-0.1, -0.05) is 72.0 Å². The van der Waals surface area contributed by atoms with Crippen LogP contribution in [0.25, 0.3) is 0 Å². The van der Waals surface area contributed by atoms with Gasteiger partial charge in [0.1, 0.15) is 5.01 Å². The molecule has 0 amide bonds. The number of aromatic nitrogens is 2. The highest BCUT2D eigenvalue weighted by Gasteiger charge is 2.34. The molecule has 0 unspecified atom stereocenters. The smallest absolute Gasteiger partial charge is 0.203 e. The minimum Gasteiger partial charge on any atom is -0.374 e. The monoisotopic (exact) mass is 281 g/mol. The minimum atomic E-state index is -0.336. The summed E-state index contributed by atoms with van der Waals surface area (Å²) in [7, 11) is 0. The molecule has 0 fully saturated rings. The zero-order chi connectivity index (χ0) is 14.0. The van der Waals surface area contributed by atoms with Crippen molar-refractivity contribution < 1.29 is 0 Å². The van der Waals surface area contributed by atoms with E-state index in [0.29, 0.717) is 5.13 Å². The quantitative estimate of drug-likeness (QED) is 0.799. The van der Waals surface area contributed by atoms with Gasteiger partial charge >= 0.3 is 0 Å². The fourth-order valence-corrected chi connectivity index (χ4v) is 3.19. The third-order valence-corrected chi connectivity index (χ3v) is 4.54. The van der Waals surface area contributed by atoms with Crippen LogP contribution in [0.15, 0.2) is 60.7 Å². The van der Waals surface area contributed by atoms with Gasteiger partial charge in [-0.2, -0.15) is 0 Å². The second-order valence-electron chi connectivity index (χ2n) is 4.80. The molecule has 2 N–H and O–H groups in total. The van der Waals surface area contributed by atoms with Crippen LogP contribution in [-0.2, 0) is 5.41 Å². The van der Waals surface area contributed by atoms with Crippen molar-refractivity contribution in [1.82, 2.24) is 10.2 Å². The average Bonchev–Trinajstić information content (AvgIpc) is 2.95. The van der Waals surface area contributed by atoms with Gasteiger partial charge in [0, 0.05) is 0 Å². The average molecular weight is 281 g/mol. The van der Waals surface area contributed by atoms with E-state index in [2.05, 4.69) is 41.4 Å². The first-order valence-electron chi connectivity index (χ1n) is 6.42. The number of nitrogen functional groups attached to an aromatic ring is 1. The number of hydrogen-bond donors (Lipinski definition) is 1. The number of nitrogens with zero attached hydrogens (tertiary/aromatic N) is 2. The molecule has 0 bridgehead atoms. The summed E-state index contributed by atoms with van der Waals surface area (Å²) in [5.41, 5.74) is 7.81. The molecule has 2 aromatic carbocycles. The highest BCUT2D eigenvalue weighted by molar-refractivity contribution is 7.15. The van der Waals surface area contributed by atoms with Gasteiger partial charge in [-0.05, 0) is 18.1 Å². The van der Waals surface area contributed by atoms with E-state index in [0.717, 1.165) is 5.01 Å². The first-order valence-corrected chi connectivity index (χ1v) is 7.23. The largest absolute Gasteiger partial charge is 0.374 e. The minimum absolute atomic E-state index is 0.336. The predicted octanol–water partition coefficient (Wildman–Crippen LogP) is 3.47. The summed E-state index contributed by atoms with van der Waals surface area (Å²) in [6.45, 7) is 2.16. The predicted molar refractivity (Wildman–Crippen MR) is 82.8 cm³/mol. The lowest BCUT2D eigenvalue weighted by Gasteiger charge is -2.28. The molecule has 0 aliphatic rings. The summed E-state index contributed by atoms with van der Waals surface area (Å²) in [6, 6.07) is 20.7. The van der Waals surface area contributed by atoms with Gasteiger partial charge in [0.15, 0.2) is 0 Å². The molecular weight excluding hydrogens is 266 g/mol. The zero-order valence-electron chi connectivity index (χ0n) is 11.2. The molecule has 0 aliphatic carbocycles. The van der Waals surface area contributed by atoms with Crippen molar-refractivity contribution in [1.29, 1.82) is 0 Å². The van der Waals surface area contributed by atoms with Crippen LogP contribution in [0, 0.1) is 0 Å². The molecule has 0 radical (unpaired) electrons. The number of nitrogens with two attached hydrogens (primary N) is 1. The lowest BCUT2D eigenvalue weighted by atomic mass is 9.77. The molecule has 3 nitrogen and oxygen atoms in total. The molecule has 3 aromatic rings. The topological polar surface area (TPSA) is 51.8 Å². The first-order chi connectivity index (χ1) is 9.71. The Morgan fingerprint density at radius 2 is 1.35 bits per heavy atom. The number of rotatable bonds is 3. The summed E-state index contributed by atoms with van der Waals surface area (Å²) in [4.78, 5) is 0. The van der Waals surface area contributed by atoms with Crippen LogP contribution in [0.2, 0.25) is 0 Å². The molecule has 20 heavy (non-hydrogen) atoms. The van der Waals surface area contributed by atoms with Crippen molar-refractivity contribution in [3.63, 3.8) is 0 Å². The Hall–Kier alpha value is -2.20. The molecule has 0 atom stereocenters. The summed E-state index contributed by atoms with van der Waals surface area (Å²) in [6.07, 6.45) is 0. The van der Waals surface area contributed by atoms with Crippen LogP contribution >= 0.6 is 11.3 Å². The van der Waals surface area contributed by atoms with E-state index in [1.54, 1.807) is 0 Å². The van der Waals surface area contributed by atoms with Crippen molar-refractivity contribution in [3.8, 4) is 0 Å². The normalized spacial score (nSPS) is 11.4. The van der Waals surface area contributed by atoms with Gasteiger partial charge in [0.25, 0.3) is 0 Å². The molecular formula is C16H15N3S. The summed E-state index contributed by atoms with van der Waals surface area (Å²) in [5.74, 6) is 0. The highest BCUT2D eigenvalue weighted by Crippen LogP contribution is 2.40.